The molecule has 1 N–H and O–H groups in total. The lowest BCUT2D eigenvalue weighted by molar-refractivity contribution is -0.131. The van der Waals surface area contributed by atoms with Crippen LogP contribution in [0.15, 0.2) is 36.7 Å². The normalized spacial score (nSPS) is 11.0. The fourth-order valence-electron chi connectivity index (χ4n) is 1.79. The molecule has 1 heterocycles. The summed E-state index contributed by atoms with van der Waals surface area (Å²) in [6, 6.07) is 5.81. The van der Waals surface area contributed by atoms with E-state index >= 15 is 0 Å². The van der Waals surface area contributed by atoms with Crippen molar-refractivity contribution in [2.75, 3.05) is 0 Å². The van der Waals surface area contributed by atoms with Gasteiger partial charge in [-0.15, -0.1) is 0 Å². The fraction of sp³-hybridized carbons (Fsp3) is 0.143. The lowest BCUT2D eigenvalue weighted by atomic mass is 10.1. The second-order valence-electron chi connectivity index (χ2n) is 4.06. The number of rotatable bonds is 3. The summed E-state index contributed by atoms with van der Waals surface area (Å²) in [6.45, 7) is 3.94. The van der Waals surface area contributed by atoms with Crippen molar-refractivity contribution in [1.82, 2.24) is 9.55 Å². The topological polar surface area (TPSA) is 55.1 Å². The number of aromatic nitrogens is 2. The zero-order valence-electron chi connectivity index (χ0n) is 10.3. The zero-order valence-corrected chi connectivity index (χ0v) is 10.3. The van der Waals surface area contributed by atoms with Crippen molar-refractivity contribution >= 4 is 12.0 Å². The van der Waals surface area contributed by atoms with E-state index in [-0.39, 0.29) is 0 Å². The highest BCUT2D eigenvalue weighted by Crippen LogP contribution is 2.18. The quantitative estimate of drug-likeness (QED) is 0.842. The maximum Gasteiger partial charge on any atom is 0.328 e. The summed E-state index contributed by atoms with van der Waals surface area (Å²) in [5, 5.41) is 8.62. The number of carboxylic acid groups (broad SMARTS) is 1. The Morgan fingerprint density at radius 1 is 1.39 bits per heavy atom. The molecule has 0 atom stereocenters. The van der Waals surface area contributed by atoms with Gasteiger partial charge in [-0.1, -0.05) is 12.1 Å². The summed E-state index contributed by atoms with van der Waals surface area (Å²) in [5.74, 6) is -0.0478. The predicted octanol–water partition coefficient (Wildman–Crippen LogP) is 2.59. The van der Waals surface area contributed by atoms with Crippen LogP contribution in [0.1, 0.15) is 17.0 Å². The lowest BCUT2D eigenvalue weighted by Crippen LogP contribution is -1.98. The maximum absolute atomic E-state index is 10.5. The molecule has 1 aromatic carbocycles. The van der Waals surface area contributed by atoms with Crippen molar-refractivity contribution in [3.8, 4) is 5.69 Å². The van der Waals surface area contributed by atoms with Gasteiger partial charge in [0.05, 0.1) is 5.69 Å². The van der Waals surface area contributed by atoms with Crippen molar-refractivity contribution in [3.63, 3.8) is 0 Å². The van der Waals surface area contributed by atoms with E-state index in [1.54, 1.807) is 12.3 Å². The molecule has 0 saturated heterocycles. The molecular formula is C14H14N2O2. The summed E-state index contributed by atoms with van der Waals surface area (Å²) >= 11 is 0. The van der Waals surface area contributed by atoms with Gasteiger partial charge in [0.2, 0.25) is 0 Å². The van der Waals surface area contributed by atoms with E-state index in [1.807, 2.05) is 42.8 Å². The third kappa shape index (κ3) is 2.48. The fourth-order valence-corrected chi connectivity index (χ4v) is 1.79. The molecule has 92 valence electrons. The molecule has 0 saturated carbocycles. The van der Waals surface area contributed by atoms with E-state index in [9.17, 15) is 4.79 Å². The largest absolute Gasteiger partial charge is 0.478 e. The first-order chi connectivity index (χ1) is 8.58. The van der Waals surface area contributed by atoms with Gasteiger partial charge in [0.15, 0.2) is 0 Å². The average Bonchev–Trinajstić information content (AvgIpc) is 2.74. The zero-order chi connectivity index (χ0) is 13.1. The second-order valence-corrected chi connectivity index (χ2v) is 4.06. The summed E-state index contributed by atoms with van der Waals surface area (Å²) in [4.78, 5) is 14.7. The molecule has 2 rings (SSSR count). The van der Waals surface area contributed by atoms with Crippen LogP contribution in [0.5, 0.6) is 0 Å². The highest BCUT2D eigenvalue weighted by atomic mass is 16.4. The first-order valence-electron chi connectivity index (χ1n) is 5.60. The first-order valence-corrected chi connectivity index (χ1v) is 5.60. The van der Waals surface area contributed by atoms with Gasteiger partial charge < -0.3 is 9.67 Å². The standard InChI is InChI=1S/C14H14N2O2/c1-10-3-4-12(5-6-14(17)18)9-13(10)16-8-7-15-11(16)2/h3-9H,1-2H3,(H,17,18)/b6-5+. The Bertz CT molecular complexity index is 612. The van der Waals surface area contributed by atoms with Gasteiger partial charge in [-0.25, -0.2) is 9.78 Å². The van der Waals surface area contributed by atoms with E-state index in [2.05, 4.69) is 4.98 Å². The van der Waals surface area contributed by atoms with Crippen molar-refractivity contribution in [2.45, 2.75) is 13.8 Å². The number of hydrogen-bond acceptors (Lipinski definition) is 2. The molecule has 0 radical (unpaired) electrons. The molecule has 0 aliphatic carbocycles. The first kappa shape index (κ1) is 12.1. The molecule has 0 amide bonds. The minimum Gasteiger partial charge on any atom is -0.478 e. The predicted molar refractivity (Wildman–Crippen MR) is 69.7 cm³/mol. The Labute approximate surface area is 105 Å². The second kappa shape index (κ2) is 4.87. The number of hydrogen-bond donors (Lipinski definition) is 1. The van der Waals surface area contributed by atoms with Gasteiger partial charge in [-0.3, -0.25) is 0 Å². The van der Waals surface area contributed by atoms with E-state index in [0.29, 0.717) is 0 Å². The van der Waals surface area contributed by atoms with Crippen molar-refractivity contribution in [3.05, 3.63) is 53.6 Å². The molecule has 0 bridgehead atoms. The van der Waals surface area contributed by atoms with Crippen molar-refractivity contribution < 1.29 is 9.90 Å². The Hall–Kier alpha value is -2.36. The summed E-state index contributed by atoms with van der Waals surface area (Å²) in [7, 11) is 0. The van der Waals surface area contributed by atoms with Crippen LogP contribution in [-0.2, 0) is 4.79 Å². The monoisotopic (exact) mass is 242 g/mol. The Morgan fingerprint density at radius 2 is 2.17 bits per heavy atom. The van der Waals surface area contributed by atoms with Crippen LogP contribution in [-0.4, -0.2) is 20.6 Å². The number of carboxylic acids is 1. The number of nitrogens with zero attached hydrogens (tertiary/aromatic N) is 2. The number of aryl methyl sites for hydroxylation is 2. The average molecular weight is 242 g/mol. The smallest absolute Gasteiger partial charge is 0.328 e. The molecule has 0 fully saturated rings. The molecule has 4 heteroatoms. The number of carbonyl (C=O) groups is 1. The molecule has 4 nitrogen and oxygen atoms in total. The summed E-state index contributed by atoms with van der Waals surface area (Å²) < 4.78 is 1.98. The molecule has 18 heavy (non-hydrogen) atoms. The van der Waals surface area contributed by atoms with Crippen LogP contribution < -0.4 is 0 Å². The Morgan fingerprint density at radius 3 is 2.78 bits per heavy atom. The van der Waals surface area contributed by atoms with Gasteiger partial charge in [0.25, 0.3) is 0 Å². The van der Waals surface area contributed by atoms with Crippen LogP contribution in [0, 0.1) is 13.8 Å². The third-order valence-corrected chi connectivity index (χ3v) is 2.74. The lowest BCUT2D eigenvalue weighted by Gasteiger charge is -2.09. The summed E-state index contributed by atoms with van der Waals surface area (Å²) in [5.41, 5.74) is 2.98. The van der Waals surface area contributed by atoms with Gasteiger partial charge in [-0.2, -0.15) is 0 Å². The third-order valence-electron chi connectivity index (χ3n) is 2.74. The number of benzene rings is 1. The van der Waals surface area contributed by atoms with Crippen LogP contribution in [0.2, 0.25) is 0 Å². The van der Waals surface area contributed by atoms with Crippen LogP contribution in [0.25, 0.3) is 11.8 Å². The van der Waals surface area contributed by atoms with E-state index < -0.39 is 5.97 Å². The van der Waals surface area contributed by atoms with Crippen LogP contribution in [0.4, 0.5) is 0 Å². The van der Waals surface area contributed by atoms with Crippen molar-refractivity contribution in [2.24, 2.45) is 0 Å². The van der Waals surface area contributed by atoms with E-state index in [1.165, 1.54) is 0 Å². The Balaban J connectivity index is 2.45. The molecule has 2 aromatic rings. The maximum atomic E-state index is 10.5. The minimum atomic E-state index is -0.948. The van der Waals surface area contributed by atoms with Gasteiger partial charge in [-0.05, 0) is 37.1 Å². The molecule has 0 aliphatic rings. The molecule has 1 aromatic heterocycles. The Kier molecular flexibility index (Phi) is 3.28. The number of imidazole rings is 1. The van der Waals surface area contributed by atoms with Gasteiger partial charge in [0, 0.05) is 18.5 Å². The van der Waals surface area contributed by atoms with E-state index in [0.717, 1.165) is 28.7 Å². The summed E-state index contributed by atoms with van der Waals surface area (Å²) in [6.07, 6.45) is 6.35. The molecule has 0 spiro atoms. The van der Waals surface area contributed by atoms with Crippen LogP contribution in [0.3, 0.4) is 0 Å². The van der Waals surface area contributed by atoms with Gasteiger partial charge in [0.1, 0.15) is 5.82 Å². The highest BCUT2D eigenvalue weighted by Gasteiger charge is 2.04. The highest BCUT2D eigenvalue weighted by molar-refractivity contribution is 5.85. The van der Waals surface area contributed by atoms with E-state index in [4.69, 9.17) is 5.11 Å². The minimum absolute atomic E-state index is 0.853. The van der Waals surface area contributed by atoms with Crippen molar-refractivity contribution in [1.29, 1.82) is 0 Å². The SMILES string of the molecule is Cc1ccc(/C=C/C(=O)O)cc1-n1ccnc1C. The molecular weight excluding hydrogens is 228 g/mol. The van der Waals surface area contributed by atoms with Crippen LogP contribution >= 0.6 is 0 Å². The molecule has 0 unspecified atom stereocenters. The molecule has 0 aliphatic heterocycles. The number of aliphatic carboxylic acids is 1. The van der Waals surface area contributed by atoms with Gasteiger partial charge >= 0.3 is 5.97 Å².